The van der Waals surface area contributed by atoms with Gasteiger partial charge in [-0.2, -0.15) is 0 Å². The molecule has 1 heterocycles. The molecule has 0 bridgehead atoms. The first-order chi connectivity index (χ1) is 16.8. The maximum atomic E-state index is 3.65. The van der Waals surface area contributed by atoms with Gasteiger partial charge in [0.15, 0.2) is 0 Å². The Bertz CT molecular complexity index is 1870. The van der Waals surface area contributed by atoms with Crippen LogP contribution < -0.4 is 5.32 Å². The van der Waals surface area contributed by atoms with Crippen LogP contribution in [0.25, 0.3) is 54.2 Å². The van der Waals surface area contributed by atoms with Crippen molar-refractivity contribution < 1.29 is 0 Å². The van der Waals surface area contributed by atoms with Crippen molar-refractivity contribution in [2.45, 2.75) is 9.79 Å². The van der Waals surface area contributed by atoms with E-state index in [1.807, 2.05) is 11.8 Å². The second kappa shape index (κ2) is 6.75. The van der Waals surface area contributed by atoms with Crippen LogP contribution in [-0.4, -0.2) is 0 Å². The fourth-order valence-electron chi connectivity index (χ4n) is 5.70. The molecule has 0 radical (unpaired) electrons. The van der Waals surface area contributed by atoms with E-state index >= 15 is 0 Å². The lowest BCUT2D eigenvalue weighted by molar-refractivity contribution is 1.32. The molecule has 1 aliphatic rings. The van der Waals surface area contributed by atoms with E-state index in [0.717, 1.165) is 0 Å². The van der Waals surface area contributed by atoms with Crippen molar-refractivity contribution in [1.29, 1.82) is 0 Å². The number of rotatable bonds is 1. The standard InChI is InChI=1S/C32H19NS/c1-2-13-29-27(12-1)33-28-18-20(14-17-30(28)34-29)21-15-16-26-24-9-4-7-19-6-3-8-23(31(19)24)25-11-5-10-22(21)32(25)26/h1-18,33H. The quantitative estimate of drug-likeness (QED) is 0.198. The summed E-state index contributed by atoms with van der Waals surface area (Å²) < 4.78 is 0. The van der Waals surface area contributed by atoms with Crippen LogP contribution in [0.4, 0.5) is 11.4 Å². The maximum Gasteiger partial charge on any atom is 0.0532 e. The average Bonchev–Trinajstić information content (AvgIpc) is 2.90. The number of fused-ring (bicyclic) bond motifs is 4. The lowest BCUT2D eigenvalue weighted by Crippen LogP contribution is -1.99. The number of benzene rings is 7. The molecule has 158 valence electrons. The lowest BCUT2D eigenvalue weighted by Gasteiger charge is -2.22. The summed E-state index contributed by atoms with van der Waals surface area (Å²) in [4.78, 5) is 2.54. The molecule has 0 fully saturated rings. The zero-order valence-corrected chi connectivity index (χ0v) is 19.1. The third kappa shape index (κ3) is 2.46. The highest BCUT2D eigenvalue weighted by Gasteiger charge is 2.18. The Morgan fingerprint density at radius 2 is 1.15 bits per heavy atom. The van der Waals surface area contributed by atoms with Crippen LogP contribution in [0.5, 0.6) is 0 Å². The van der Waals surface area contributed by atoms with Gasteiger partial charge in [0.1, 0.15) is 0 Å². The average molecular weight is 450 g/mol. The van der Waals surface area contributed by atoms with Crippen molar-refractivity contribution in [3.8, 4) is 11.1 Å². The molecule has 2 heteroatoms. The molecule has 0 amide bonds. The first-order valence-electron chi connectivity index (χ1n) is 11.6. The van der Waals surface area contributed by atoms with Crippen LogP contribution in [-0.2, 0) is 0 Å². The third-order valence-corrected chi connectivity index (χ3v) is 8.34. The smallest absolute Gasteiger partial charge is 0.0532 e. The first kappa shape index (κ1) is 18.4. The lowest BCUT2D eigenvalue weighted by atomic mass is 9.87. The van der Waals surface area contributed by atoms with E-state index in [4.69, 9.17) is 0 Å². The van der Waals surface area contributed by atoms with Gasteiger partial charge in [-0.15, -0.1) is 0 Å². The first-order valence-corrected chi connectivity index (χ1v) is 12.4. The maximum absolute atomic E-state index is 3.65. The fourth-order valence-corrected chi connectivity index (χ4v) is 6.67. The molecule has 7 aromatic carbocycles. The number of para-hydroxylation sites is 1. The topological polar surface area (TPSA) is 12.0 Å². The van der Waals surface area contributed by atoms with Crippen molar-refractivity contribution in [3.63, 3.8) is 0 Å². The van der Waals surface area contributed by atoms with Crippen LogP contribution in [0.1, 0.15) is 0 Å². The van der Waals surface area contributed by atoms with E-state index in [1.54, 1.807) is 0 Å². The minimum atomic E-state index is 1.18. The molecule has 0 unspecified atom stereocenters. The third-order valence-electron chi connectivity index (χ3n) is 7.19. The van der Waals surface area contributed by atoms with E-state index in [2.05, 4.69) is 115 Å². The van der Waals surface area contributed by atoms with E-state index in [0.29, 0.717) is 0 Å². The van der Waals surface area contributed by atoms with Gasteiger partial charge in [0.2, 0.25) is 0 Å². The summed E-state index contributed by atoms with van der Waals surface area (Å²) in [6.45, 7) is 0. The molecule has 0 saturated heterocycles. The highest BCUT2D eigenvalue weighted by atomic mass is 32.2. The minimum Gasteiger partial charge on any atom is -0.354 e. The van der Waals surface area contributed by atoms with Crippen LogP contribution in [0.2, 0.25) is 0 Å². The van der Waals surface area contributed by atoms with Crippen LogP contribution in [0.15, 0.2) is 119 Å². The largest absolute Gasteiger partial charge is 0.354 e. The molecule has 8 rings (SSSR count). The molecule has 1 nitrogen and oxygen atoms in total. The van der Waals surface area contributed by atoms with Gasteiger partial charge < -0.3 is 5.32 Å². The summed E-state index contributed by atoms with van der Waals surface area (Å²) in [5, 5.41) is 14.3. The number of anilines is 2. The predicted molar refractivity (Wildman–Crippen MR) is 147 cm³/mol. The Labute approximate surface area is 201 Å². The Hall–Kier alpha value is -4.01. The van der Waals surface area contributed by atoms with Crippen molar-refractivity contribution in [1.82, 2.24) is 0 Å². The molecule has 7 aromatic rings. The van der Waals surface area contributed by atoms with E-state index in [-0.39, 0.29) is 0 Å². The molecular formula is C32H19NS. The van der Waals surface area contributed by atoms with Gasteiger partial charge in [-0.25, -0.2) is 0 Å². The van der Waals surface area contributed by atoms with Gasteiger partial charge >= 0.3 is 0 Å². The molecule has 0 aliphatic carbocycles. The van der Waals surface area contributed by atoms with Crippen LogP contribution in [0.3, 0.4) is 0 Å². The summed E-state index contributed by atoms with van der Waals surface area (Å²) in [5.74, 6) is 0. The Balaban J connectivity index is 1.40. The Morgan fingerprint density at radius 1 is 0.471 bits per heavy atom. The summed E-state index contributed by atoms with van der Waals surface area (Å²) in [6, 6.07) is 40.1. The van der Waals surface area contributed by atoms with E-state index < -0.39 is 0 Å². The number of hydrogen-bond acceptors (Lipinski definition) is 2. The zero-order chi connectivity index (χ0) is 22.2. The molecule has 1 aliphatic heterocycles. The number of hydrogen-bond donors (Lipinski definition) is 1. The highest BCUT2D eigenvalue weighted by Crippen LogP contribution is 2.47. The van der Waals surface area contributed by atoms with Crippen molar-refractivity contribution in [2.24, 2.45) is 0 Å². The summed E-state index contributed by atoms with van der Waals surface area (Å²) >= 11 is 1.83. The molecule has 0 spiro atoms. The molecule has 34 heavy (non-hydrogen) atoms. The summed E-state index contributed by atoms with van der Waals surface area (Å²) in [7, 11) is 0. The van der Waals surface area contributed by atoms with E-state index in [1.165, 1.54) is 75.4 Å². The normalized spacial score (nSPS) is 12.8. The molecule has 0 aromatic heterocycles. The second-order valence-corrected chi connectivity index (χ2v) is 10.1. The zero-order valence-electron chi connectivity index (χ0n) is 18.3. The summed E-state index contributed by atoms with van der Waals surface area (Å²) in [5.41, 5.74) is 4.88. The molecule has 1 N–H and O–H groups in total. The Morgan fingerprint density at radius 3 is 2.00 bits per heavy atom. The minimum absolute atomic E-state index is 1.18. The van der Waals surface area contributed by atoms with E-state index in [9.17, 15) is 0 Å². The van der Waals surface area contributed by atoms with Gasteiger partial charge in [-0.3, -0.25) is 0 Å². The highest BCUT2D eigenvalue weighted by molar-refractivity contribution is 7.99. The monoisotopic (exact) mass is 449 g/mol. The molecule has 0 saturated carbocycles. The van der Waals surface area contributed by atoms with Gasteiger partial charge in [0, 0.05) is 9.79 Å². The molecular weight excluding hydrogens is 430 g/mol. The van der Waals surface area contributed by atoms with Gasteiger partial charge in [0.25, 0.3) is 0 Å². The SMILES string of the molecule is c1ccc2c(c1)Nc1cc(-c3ccc4c5cccc6cccc(c7cccc3c74)c65)ccc1S2. The van der Waals surface area contributed by atoms with Crippen molar-refractivity contribution in [2.75, 3.05) is 5.32 Å². The molecule has 0 atom stereocenters. The number of nitrogens with one attached hydrogen (secondary N) is 1. The van der Waals surface area contributed by atoms with Crippen LogP contribution >= 0.6 is 11.8 Å². The summed E-state index contributed by atoms with van der Waals surface area (Å²) in [6.07, 6.45) is 0. The second-order valence-electron chi connectivity index (χ2n) is 9.03. The van der Waals surface area contributed by atoms with Crippen molar-refractivity contribution in [3.05, 3.63) is 109 Å². The van der Waals surface area contributed by atoms with Gasteiger partial charge in [-0.1, -0.05) is 96.7 Å². The van der Waals surface area contributed by atoms with Crippen LogP contribution in [0, 0.1) is 0 Å². The van der Waals surface area contributed by atoms with Crippen molar-refractivity contribution >= 4 is 66.2 Å². The Kier molecular flexibility index (Phi) is 3.66. The van der Waals surface area contributed by atoms with Gasteiger partial charge in [-0.05, 0) is 78.5 Å². The predicted octanol–water partition coefficient (Wildman–Crippen LogP) is 9.61. The fraction of sp³-hybridized carbons (Fsp3) is 0. The van der Waals surface area contributed by atoms with Gasteiger partial charge in [0.05, 0.1) is 11.4 Å².